The predicted molar refractivity (Wildman–Crippen MR) is 74.0 cm³/mol. The molecule has 1 aromatic carbocycles. The van der Waals surface area contributed by atoms with E-state index in [0.29, 0.717) is 13.1 Å². The van der Waals surface area contributed by atoms with Gasteiger partial charge in [-0.2, -0.15) is 0 Å². The van der Waals surface area contributed by atoms with Crippen LogP contribution in [0.1, 0.15) is 31.7 Å². The third-order valence-electron chi connectivity index (χ3n) is 3.57. The summed E-state index contributed by atoms with van der Waals surface area (Å²) >= 11 is 0. The second kappa shape index (κ2) is 6.50. The Morgan fingerprint density at radius 2 is 2.26 bits per heavy atom. The number of hydrogen-bond donors (Lipinski definition) is 0. The number of carbonyl (C=O) groups is 1. The van der Waals surface area contributed by atoms with Crippen LogP contribution in [0.4, 0.5) is 4.39 Å². The van der Waals surface area contributed by atoms with Crippen LogP contribution in [0.15, 0.2) is 36.4 Å². The van der Waals surface area contributed by atoms with Crippen molar-refractivity contribution in [3.05, 3.63) is 47.8 Å². The summed E-state index contributed by atoms with van der Waals surface area (Å²) in [6, 6.07) is 6.47. The van der Waals surface area contributed by atoms with Crippen LogP contribution >= 0.6 is 0 Å². The Bertz CT molecular complexity index is 470. The fourth-order valence-electron chi connectivity index (χ4n) is 2.48. The molecule has 0 aromatic heterocycles. The summed E-state index contributed by atoms with van der Waals surface area (Å²) < 4.78 is 13.2. The van der Waals surface area contributed by atoms with Crippen molar-refractivity contribution in [2.75, 3.05) is 6.54 Å². The van der Waals surface area contributed by atoms with E-state index in [1.807, 2.05) is 17.9 Å². The van der Waals surface area contributed by atoms with Gasteiger partial charge in [0.25, 0.3) is 0 Å². The minimum atomic E-state index is -0.249. The third-order valence-corrected chi connectivity index (χ3v) is 3.57. The lowest BCUT2D eigenvalue weighted by atomic mass is 9.93. The molecule has 19 heavy (non-hydrogen) atoms. The van der Waals surface area contributed by atoms with Crippen LogP contribution in [0.25, 0.3) is 0 Å². The molecular weight excluding hydrogens is 241 g/mol. The molecular formula is C16H20FNO. The van der Waals surface area contributed by atoms with Gasteiger partial charge in [-0.05, 0) is 43.9 Å². The highest BCUT2D eigenvalue weighted by molar-refractivity contribution is 5.79. The third kappa shape index (κ3) is 3.66. The van der Waals surface area contributed by atoms with Crippen LogP contribution < -0.4 is 0 Å². The summed E-state index contributed by atoms with van der Waals surface area (Å²) in [6.07, 6.45) is 6.95. The van der Waals surface area contributed by atoms with Gasteiger partial charge < -0.3 is 4.90 Å². The lowest BCUT2D eigenvalue weighted by molar-refractivity contribution is -0.136. The lowest BCUT2D eigenvalue weighted by Crippen LogP contribution is -2.36. The smallest absolute Gasteiger partial charge is 0.226 e. The summed E-state index contributed by atoms with van der Waals surface area (Å²) in [6.45, 7) is 3.12. The van der Waals surface area contributed by atoms with E-state index in [9.17, 15) is 9.18 Å². The molecule has 0 fully saturated rings. The van der Waals surface area contributed by atoms with E-state index in [0.717, 1.165) is 24.8 Å². The van der Waals surface area contributed by atoms with Crippen LogP contribution in [-0.4, -0.2) is 17.4 Å². The lowest BCUT2D eigenvalue weighted by Gasteiger charge is -2.27. The van der Waals surface area contributed by atoms with Crippen molar-refractivity contribution in [1.29, 1.82) is 0 Å². The summed E-state index contributed by atoms with van der Waals surface area (Å²) in [7, 11) is 0. The first kappa shape index (κ1) is 13.8. The number of allylic oxidation sites excluding steroid dienone is 2. The molecule has 0 radical (unpaired) electrons. The van der Waals surface area contributed by atoms with Crippen molar-refractivity contribution in [2.24, 2.45) is 5.92 Å². The van der Waals surface area contributed by atoms with E-state index >= 15 is 0 Å². The highest BCUT2D eigenvalue weighted by Gasteiger charge is 2.23. The maximum absolute atomic E-state index is 13.2. The van der Waals surface area contributed by atoms with Crippen molar-refractivity contribution in [2.45, 2.75) is 32.7 Å². The zero-order valence-electron chi connectivity index (χ0n) is 11.3. The average molecular weight is 261 g/mol. The zero-order chi connectivity index (χ0) is 13.7. The highest BCUT2D eigenvalue weighted by Crippen LogP contribution is 2.21. The van der Waals surface area contributed by atoms with Gasteiger partial charge in [0, 0.05) is 19.0 Å². The monoisotopic (exact) mass is 261 g/mol. The van der Waals surface area contributed by atoms with Crippen molar-refractivity contribution < 1.29 is 9.18 Å². The molecule has 1 aliphatic carbocycles. The Morgan fingerprint density at radius 1 is 1.42 bits per heavy atom. The van der Waals surface area contributed by atoms with E-state index in [4.69, 9.17) is 0 Å². The van der Waals surface area contributed by atoms with Crippen LogP contribution in [0.3, 0.4) is 0 Å². The molecule has 2 nitrogen and oxygen atoms in total. The molecule has 1 aromatic rings. The Labute approximate surface area is 113 Å². The van der Waals surface area contributed by atoms with Crippen molar-refractivity contribution >= 4 is 5.91 Å². The minimum Gasteiger partial charge on any atom is -0.338 e. The number of rotatable bonds is 4. The maximum atomic E-state index is 13.2. The molecule has 0 N–H and O–H groups in total. The minimum absolute atomic E-state index is 0.0958. The van der Waals surface area contributed by atoms with Gasteiger partial charge in [0.05, 0.1) is 0 Å². The van der Waals surface area contributed by atoms with E-state index in [1.165, 1.54) is 12.1 Å². The summed E-state index contributed by atoms with van der Waals surface area (Å²) in [5, 5.41) is 0. The Morgan fingerprint density at radius 3 is 2.89 bits per heavy atom. The van der Waals surface area contributed by atoms with Gasteiger partial charge in [0.15, 0.2) is 0 Å². The molecule has 0 bridgehead atoms. The molecule has 102 valence electrons. The molecule has 0 spiro atoms. The summed E-state index contributed by atoms with van der Waals surface area (Å²) in [5.41, 5.74) is 0.849. The SMILES string of the molecule is CCN(Cc1cccc(F)c1)C(=O)[C@@H]1CC=CCC1. The number of carbonyl (C=O) groups excluding carboxylic acids is 1. The molecule has 2 rings (SSSR count). The first-order valence-electron chi connectivity index (χ1n) is 6.89. The van der Waals surface area contributed by atoms with Crippen molar-refractivity contribution in [3.63, 3.8) is 0 Å². The number of nitrogens with zero attached hydrogens (tertiary/aromatic N) is 1. The standard InChI is InChI=1S/C16H20FNO/c1-2-18(12-13-7-6-10-15(17)11-13)16(19)14-8-4-3-5-9-14/h3-4,6-7,10-11,14H,2,5,8-9,12H2,1H3/t14-/m1/s1. The largest absolute Gasteiger partial charge is 0.338 e. The zero-order valence-corrected chi connectivity index (χ0v) is 11.3. The van der Waals surface area contributed by atoms with Crippen molar-refractivity contribution in [1.82, 2.24) is 4.90 Å². The first-order chi connectivity index (χ1) is 9.20. The van der Waals surface area contributed by atoms with Gasteiger partial charge >= 0.3 is 0 Å². The quantitative estimate of drug-likeness (QED) is 0.759. The van der Waals surface area contributed by atoms with Crippen molar-refractivity contribution in [3.8, 4) is 0 Å². The average Bonchev–Trinajstić information content (AvgIpc) is 2.45. The van der Waals surface area contributed by atoms with E-state index in [2.05, 4.69) is 12.2 Å². The fraction of sp³-hybridized carbons (Fsp3) is 0.438. The first-order valence-corrected chi connectivity index (χ1v) is 6.89. The molecule has 1 amide bonds. The van der Waals surface area contributed by atoms with Gasteiger partial charge in [-0.1, -0.05) is 24.3 Å². The normalized spacial score (nSPS) is 18.3. The topological polar surface area (TPSA) is 20.3 Å². The molecule has 1 atom stereocenters. The predicted octanol–water partition coefficient (Wildman–Crippen LogP) is 3.53. The maximum Gasteiger partial charge on any atom is 0.226 e. The highest BCUT2D eigenvalue weighted by atomic mass is 19.1. The van der Waals surface area contributed by atoms with Crippen LogP contribution in [0.2, 0.25) is 0 Å². The van der Waals surface area contributed by atoms with Gasteiger partial charge in [-0.3, -0.25) is 4.79 Å². The van der Waals surface area contributed by atoms with Gasteiger partial charge in [-0.15, -0.1) is 0 Å². The second-order valence-electron chi connectivity index (χ2n) is 4.96. The molecule has 0 saturated heterocycles. The number of benzene rings is 1. The Balaban J connectivity index is 2.03. The number of halogens is 1. The molecule has 0 saturated carbocycles. The second-order valence-corrected chi connectivity index (χ2v) is 4.96. The van der Waals surface area contributed by atoms with E-state index < -0.39 is 0 Å². The van der Waals surface area contributed by atoms with Gasteiger partial charge in [0.1, 0.15) is 5.82 Å². The molecule has 0 heterocycles. The Hall–Kier alpha value is -1.64. The van der Waals surface area contributed by atoms with Crippen LogP contribution in [-0.2, 0) is 11.3 Å². The van der Waals surface area contributed by atoms with E-state index in [-0.39, 0.29) is 17.6 Å². The Kier molecular flexibility index (Phi) is 4.72. The summed E-state index contributed by atoms with van der Waals surface area (Å²) in [5.74, 6) is 0.0382. The van der Waals surface area contributed by atoms with Crippen LogP contribution in [0.5, 0.6) is 0 Å². The fourth-order valence-corrected chi connectivity index (χ4v) is 2.48. The number of hydrogen-bond acceptors (Lipinski definition) is 1. The number of amides is 1. The van der Waals surface area contributed by atoms with Gasteiger partial charge in [-0.25, -0.2) is 4.39 Å². The van der Waals surface area contributed by atoms with Crippen LogP contribution in [0, 0.1) is 11.7 Å². The summed E-state index contributed by atoms with van der Waals surface area (Å²) in [4.78, 5) is 14.2. The molecule has 3 heteroatoms. The van der Waals surface area contributed by atoms with Gasteiger partial charge in [0.2, 0.25) is 5.91 Å². The molecule has 0 aliphatic heterocycles. The molecule has 0 unspecified atom stereocenters. The molecule has 1 aliphatic rings. The van der Waals surface area contributed by atoms with E-state index in [1.54, 1.807) is 6.07 Å².